The lowest BCUT2D eigenvalue weighted by atomic mass is 9.66. The molecule has 3 rings (SSSR count). The van der Waals surface area contributed by atoms with Crippen LogP contribution in [0.1, 0.15) is 11.7 Å². The lowest BCUT2D eigenvalue weighted by molar-refractivity contribution is 0.0476. The maximum Gasteiger partial charge on any atom is 0.490 e. The van der Waals surface area contributed by atoms with Crippen molar-refractivity contribution in [3.8, 4) is 0 Å². The van der Waals surface area contributed by atoms with Gasteiger partial charge in [0.25, 0.3) is 0 Å². The summed E-state index contributed by atoms with van der Waals surface area (Å²) >= 11 is 0. The summed E-state index contributed by atoms with van der Waals surface area (Å²) in [6.07, 6.45) is 2.89. The number of phosphoric acid groups is 3. The van der Waals surface area contributed by atoms with Crippen LogP contribution in [0.25, 0.3) is 11.2 Å². The first kappa shape index (κ1) is 25.2. The van der Waals surface area contributed by atoms with E-state index in [1.165, 1.54) is 17.2 Å². The Kier molecular flexibility index (Phi) is 7.16. The quantitative estimate of drug-likeness (QED) is 0.293. The number of aliphatic hydroxyl groups is 1. The summed E-state index contributed by atoms with van der Waals surface area (Å²) in [5, 5.41) is 9.78. The lowest BCUT2D eigenvalue weighted by Gasteiger charge is -2.46. The maximum absolute atomic E-state index is 13.7. The van der Waals surface area contributed by atoms with Crippen LogP contribution in [0, 0.1) is 18.8 Å². The first-order valence-electron chi connectivity index (χ1n) is 8.62. The van der Waals surface area contributed by atoms with Crippen LogP contribution in [0.5, 0.6) is 0 Å². The van der Waals surface area contributed by atoms with Gasteiger partial charge in [0, 0.05) is 18.4 Å². The highest BCUT2D eigenvalue weighted by molar-refractivity contribution is 7.66. The van der Waals surface area contributed by atoms with Gasteiger partial charge in [-0.1, -0.05) is 0 Å². The van der Waals surface area contributed by atoms with E-state index >= 15 is 0 Å². The van der Waals surface area contributed by atoms with E-state index < -0.39 is 54.6 Å². The van der Waals surface area contributed by atoms with E-state index in [9.17, 15) is 33.0 Å². The van der Waals surface area contributed by atoms with Crippen LogP contribution in [0.15, 0.2) is 24.6 Å². The number of hydrogen-bond donors (Lipinski definition) is 5. The largest absolute Gasteiger partial charge is 0.490 e. The second-order valence-corrected chi connectivity index (χ2v) is 11.1. The smallest absolute Gasteiger partial charge is 0.396 e. The van der Waals surface area contributed by atoms with Gasteiger partial charge < -0.3 is 29.2 Å². The van der Waals surface area contributed by atoms with Crippen molar-refractivity contribution < 1.29 is 55.9 Å². The number of aliphatic hydroxyl groups excluding tert-OH is 1. The molecule has 15 nitrogen and oxygen atoms in total. The van der Waals surface area contributed by atoms with Gasteiger partial charge in [-0.15, -0.1) is 0 Å². The number of aryl methyl sites for hydroxylation is 1. The monoisotopic (exact) mass is 518 g/mol. The zero-order valence-electron chi connectivity index (χ0n) is 16.1. The third kappa shape index (κ3) is 5.38. The van der Waals surface area contributed by atoms with Crippen molar-refractivity contribution in [3.63, 3.8) is 0 Å². The van der Waals surface area contributed by atoms with Crippen molar-refractivity contribution in [1.29, 1.82) is 0 Å². The van der Waals surface area contributed by atoms with Crippen LogP contribution in [0.3, 0.4) is 0 Å². The number of nitrogens with zero attached hydrogens (tertiary/aromatic N) is 4. The Labute approximate surface area is 179 Å². The van der Waals surface area contributed by atoms with Gasteiger partial charge in [-0.25, -0.2) is 33.0 Å². The maximum atomic E-state index is 13.7. The second-order valence-electron chi connectivity index (χ2n) is 6.68. The van der Waals surface area contributed by atoms with Gasteiger partial charge in [0.1, 0.15) is 11.8 Å². The van der Waals surface area contributed by atoms with Crippen molar-refractivity contribution in [2.45, 2.75) is 13.0 Å². The fraction of sp³-hybridized carbons (Fsp3) is 0.462. The minimum atomic E-state index is -5.68. The summed E-state index contributed by atoms with van der Waals surface area (Å²) in [6, 6.07) is -0.765. The summed E-state index contributed by atoms with van der Waals surface area (Å²) in [5.41, 5.74) is 1.44. The van der Waals surface area contributed by atoms with Crippen molar-refractivity contribution in [2.24, 2.45) is 11.8 Å². The van der Waals surface area contributed by atoms with Crippen LogP contribution < -0.4 is 0 Å². The topological polar surface area (TPSA) is 224 Å². The molecule has 1 aliphatic rings. The SMILES string of the molecule is Cc1ncnc2c1ncn2[C@@H]1/C(=C/F)[C@H](COP(=O)(O)OP(=O)(O)OP(=O)(O)O)[C@H]1CO. The molecular weight excluding hydrogens is 500 g/mol. The number of rotatable bonds is 9. The van der Waals surface area contributed by atoms with Gasteiger partial charge >= 0.3 is 23.5 Å². The fourth-order valence-electron chi connectivity index (χ4n) is 3.42. The molecule has 0 bridgehead atoms. The van der Waals surface area contributed by atoms with E-state index in [0.29, 0.717) is 16.9 Å². The summed E-state index contributed by atoms with van der Waals surface area (Å²) in [5.74, 6) is -1.70. The van der Waals surface area contributed by atoms with Gasteiger partial charge in [-0.3, -0.25) is 4.52 Å². The molecule has 0 aliphatic heterocycles. The third-order valence-electron chi connectivity index (χ3n) is 4.70. The Bertz CT molecular complexity index is 1180. The van der Waals surface area contributed by atoms with Gasteiger partial charge in [0.05, 0.1) is 31.0 Å². The zero-order chi connectivity index (χ0) is 23.9. The number of phosphoric ester groups is 1. The Hall–Kier alpha value is -1.41. The molecule has 2 aromatic heterocycles. The highest BCUT2D eigenvalue weighted by atomic mass is 31.3. The highest BCUT2D eigenvalue weighted by Crippen LogP contribution is 2.66. The number of hydrogen-bond acceptors (Lipinski definition) is 10. The molecule has 32 heavy (non-hydrogen) atoms. The van der Waals surface area contributed by atoms with Crippen molar-refractivity contribution >= 4 is 34.6 Å². The average Bonchev–Trinajstić information content (AvgIpc) is 3.03. The number of fused-ring (bicyclic) bond motifs is 1. The Morgan fingerprint density at radius 3 is 2.41 bits per heavy atom. The molecule has 0 spiro atoms. The molecule has 0 radical (unpaired) electrons. The Balaban J connectivity index is 1.75. The summed E-state index contributed by atoms with van der Waals surface area (Å²) < 4.78 is 61.0. The number of imidazole rings is 1. The molecule has 0 amide bonds. The van der Waals surface area contributed by atoms with E-state index in [2.05, 4.69) is 28.1 Å². The molecule has 1 saturated carbocycles. The molecule has 19 heteroatoms. The lowest BCUT2D eigenvalue weighted by Crippen LogP contribution is -2.45. The van der Waals surface area contributed by atoms with Crippen LogP contribution in [0.2, 0.25) is 0 Å². The van der Waals surface area contributed by atoms with Gasteiger partial charge in [-0.2, -0.15) is 8.62 Å². The second kappa shape index (κ2) is 9.09. The van der Waals surface area contributed by atoms with Crippen LogP contribution in [-0.4, -0.2) is 57.4 Å². The van der Waals surface area contributed by atoms with E-state index in [0.717, 1.165) is 0 Å². The normalized spacial score (nSPS) is 26.6. The van der Waals surface area contributed by atoms with Crippen LogP contribution in [0.4, 0.5) is 4.39 Å². The Morgan fingerprint density at radius 2 is 1.81 bits per heavy atom. The molecule has 1 fully saturated rings. The average molecular weight is 518 g/mol. The molecule has 2 aromatic rings. The first-order valence-corrected chi connectivity index (χ1v) is 13.1. The molecule has 2 unspecified atom stereocenters. The molecule has 178 valence electrons. The highest BCUT2D eigenvalue weighted by Gasteiger charge is 2.49. The van der Waals surface area contributed by atoms with E-state index in [4.69, 9.17) is 9.79 Å². The van der Waals surface area contributed by atoms with Gasteiger partial charge in [-0.05, 0) is 12.5 Å². The molecule has 5 N–H and O–H groups in total. The van der Waals surface area contributed by atoms with E-state index in [1.54, 1.807) is 6.92 Å². The van der Waals surface area contributed by atoms with Crippen LogP contribution >= 0.6 is 23.5 Å². The van der Waals surface area contributed by atoms with Crippen LogP contribution in [-0.2, 0) is 26.8 Å². The fourth-order valence-corrected chi connectivity index (χ4v) is 6.47. The predicted octanol–water partition coefficient (Wildman–Crippen LogP) is 1.11. The van der Waals surface area contributed by atoms with Crippen molar-refractivity contribution in [2.75, 3.05) is 13.2 Å². The standard InChI is InChI=1S/C13H18FN4O11P3/c1-7-11-13(16-5-15-7)18(6-17-11)12-8(2-14)10(9(12)3-19)4-27-31(23,24)29-32(25,26)28-30(20,21)22/h2,5-6,9-10,12,19H,3-4H2,1H3,(H,23,24)(H,25,26)(H2,20,21,22)/b8-2+/t9-,10+,12-/m1/s1. The summed E-state index contributed by atoms with van der Waals surface area (Å²) in [6.45, 7) is 0.445. The minimum absolute atomic E-state index is 0.0401. The third-order valence-corrected chi connectivity index (χ3v) is 8.51. The first-order chi connectivity index (χ1) is 14.8. The number of halogens is 1. The summed E-state index contributed by atoms with van der Waals surface area (Å²) in [7, 11) is -16.6. The molecular formula is C13H18FN4O11P3. The van der Waals surface area contributed by atoms with Crippen molar-refractivity contribution in [3.05, 3.63) is 30.3 Å². The zero-order valence-corrected chi connectivity index (χ0v) is 18.8. The predicted molar refractivity (Wildman–Crippen MR) is 102 cm³/mol. The Morgan fingerprint density at radius 1 is 1.12 bits per heavy atom. The van der Waals surface area contributed by atoms with E-state index in [-0.39, 0.29) is 11.9 Å². The molecule has 2 heterocycles. The molecule has 0 aromatic carbocycles. The van der Waals surface area contributed by atoms with E-state index in [1.807, 2.05) is 0 Å². The molecule has 1 aliphatic carbocycles. The molecule has 5 atom stereocenters. The minimum Gasteiger partial charge on any atom is -0.396 e. The van der Waals surface area contributed by atoms with Gasteiger partial charge in [0.15, 0.2) is 5.65 Å². The summed E-state index contributed by atoms with van der Waals surface area (Å²) in [4.78, 5) is 48.1. The van der Waals surface area contributed by atoms with Crippen molar-refractivity contribution in [1.82, 2.24) is 19.5 Å². The van der Waals surface area contributed by atoms with Gasteiger partial charge in [0.2, 0.25) is 0 Å². The number of aromatic nitrogens is 4. The molecule has 0 saturated heterocycles.